The number of unbranched alkanes of at least 4 members (excludes halogenated alkanes) is 3. The lowest BCUT2D eigenvalue weighted by atomic mass is 10.2. The van der Waals surface area contributed by atoms with Gasteiger partial charge in [-0.25, -0.2) is 4.79 Å². The second-order valence-corrected chi connectivity index (χ2v) is 3.81. The quantitative estimate of drug-likeness (QED) is 0.346. The van der Waals surface area contributed by atoms with Gasteiger partial charge in [0.15, 0.2) is 0 Å². The molecule has 9 nitrogen and oxygen atoms in total. The van der Waals surface area contributed by atoms with Gasteiger partial charge in [-0.15, -0.1) is 10.1 Å². The highest BCUT2D eigenvalue weighted by atomic mass is 16.9. The highest BCUT2D eigenvalue weighted by Crippen LogP contribution is 2.00. The smallest absolute Gasteiger partial charge is 0.407 e. The second kappa shape index (κ2) is 9.92. The summed E-state index contributed by atoms with van der Waals surface area (Å²) < 4.78 is 4.75. The number of carboxylic acid groups (broad SMARTS) is 1. The number of alkyl carbamates (subject to hydrolysis) is 1. The minimum atomic E-state index is -1.14. The number of amides is 1. The van der Waals surface area contributed by atoms with E-state index in [0.29, 0.717) is 12.8 Å². The molecule has 0 bridgehead atoms. The van der Waals surface area contributed by atoms with Crippen LogP contribution in [0.25, 0.3) is 0 Å². The molecule has 0 aromatic carbocycles. The summed E-state index contributed by atoms with van der Waals surface area (Å²) in [5, 5.41) is 19.7. The summed E-state index contributed by atoms with van der Waals surface area (Å²) in [5.74, 6) is -1.14. The molecule has 0 rings (SSSR count). The minimum Gasteiger partial charge on any atom is -0.480 e. The molecular formula is C10H18N2O7. The number of aliphatic carboxylic acids is 1. The fraction of sp³-hybridized carbons (Fsp3) is 0.800. The maximum atomic E-state index is 11.1. The van der Waals surface area contributed by atoms with E-state index < -0.39 is 23.2 Å². The molecule has 0 heterocycles. The Bertz CT molecular complexity index is 308. The van der Waals surface area contributed by atoms with Crippen molar-refractivity contribution in [3.8, 4) is 0 Å². The summed E-state index contributed by atoms with van der Waals surface area (Å²) in [5.41, 5.74) is 0. The van der Waals surface area contributed by atoms with Crippen LogP contribution in [-0.2, 0) is 14.4 Å². The molecule has 0 fully saturated rings. The molecule has 0 aliphatic heterocycles. The van der Waals surface area contributed by atoms with Crippen molar-refractivity contribution in [3.63, 3.8) is 0 Å². The van der Waals surface area contributed by atoms with Gasteiger partial charge in [0.1, 0.15) is 6.04 Å². The monoisotopic (exact) mass is 278 g/mol. The molecule has 0 aromatic heterocycles. The fourth-order valence-electron chi connectivity index (χ4n) is 1.14. The van der Waals surface area contributed by atoms with Crippen LogP contribution in [0, 0.1) is 10.1 Å². The van der Waals surface area contributed by atoms with Crippen molar-refractivity contribution in [2.24, 2.45) is 0 Å². The lowest BCUT2D eigenvalue weighted by molar-refractivity contribution is -0.757. The van der Waals surface area contributed by atoms with Crippen LogP contribution in [0.3, 0.4) is 0 Å². The van der Waals surface area contributed by atoms with Crippen LogP contribution in [0.2, 0.25) is 0 Å². The van der Waals surface area contributed by atoms with Crippen LogP contribution in [0.5, 0.6) is 0 Å². The Labute approximate surface area is 110 Å². The average Bonchev–Trinajstić information content (AvgIpc) is 2.31. The Morgan fingerprint density at radius 1 is 1.26 bits per heavy atom. The summed E-state index contributed by atoms with van der Waals surface area (Å²) in [6.45, 7) is 1.57. The fourth-order valence-corrected chi connectivity index (χ4v) is 1.14. The summed E-state index contributed by atoms with van der Waals surface area (Å²) in [6.07, 6.45) is 1.86. The van der Waals surface area contributed by atoms with E-state index in [9.17, 15) is 19.7 Å². The third-order valence-electron chi connectivity index (χ3n) is 2.17. The Balaban J connectivity index is 3.37. The van der Waals surface area contributed by atoms with Gasteiger partial charge in [-0.1, -0.05) is 6.42 Å². The normalized spacial score (nSPS) is 11.4. The number of carbonyl (C=O) groups is 2. The zero-order valence-corrected chi connectivity index (χ0v) is 10.7. The zero-order valence-electron chi connectivity index (χ0n) is 10.7. The zero-order chi connectivity index (χ0) is 14.7. The number of rotatable bonds is 10. The van der Waals surface area contributed by atoms with Crippen molar-refractivity contribution < 1.29 is 29.4 Å². The summed E-state index contributed by atoms with van der Waals surface area (Å²) in [4.78, 5) is 35.5. The van der Waals surface area contributed by atoms with Gasteiger partial charge in [0.05, 0.1) is 13.2 Å². The van der Waals surface area contributed by atoms with Gasteiger partial charge in [-0.05, 0) is 26.2 Å². The molecule has 110 valence electrons. The van der Waals surface area contributed by atoms with Gasteiger partial charge < -0.3 is 20.0 Å². The van der Waals surface area contributed by atoms with Gasteiger partial charge >= 0.3 is 12.1 Å². The van der Waals surface area contributed by atoms with E-state index in [0.717, 1.165) is 12.8 Å². The standard InChI is InChI=1S/C10H18N2O7/c1-8(9(13)14)11-10(15)18-6-4-2-3-5-7-19-12(16)17/h8H,2-7H2,1H3,(H,11,15)(H,13,14). The Morgan fingerprint density at radius 3 is 2.37 bits per heavy atom. The van der Waals surface area contributed by atoms with Gasteiger partial charge in [-0.2, -0.15) is 0 Å². The van der Waals surface area contributed by atoms with Crippen molar-refractivity contribution >= 4 is 12.1 Å². The van der Waals surface area contributed by atoms with Crippen LogP contribution >= 0.6 is 0 Å². The lowest BCUT2D eigenvalue weighted by Gasteiger charge is -2.09. The van der Waals surface area contributed by atoms with Gasteiger partial charge in [0.2, 0.25) is 0 Å². The maximum Gasteiger partial charge on any atom is 0.407 e. The van der Waals surface area contributed by atoms with E-state index in [1.54, 1.807) is 0 Å². The number of hydrogen-bond acceptors (Lipinski definition) is 6. The Morgan fingerprint density at radius 2 is 1.84 bits per heavy atom. The maximum absolute atomic E-state index is 11.1. The van der Waals surface area contributed by atoms with Crippen molar-refractivity contribution in [2.45, 2.75) is 38.6 Å². The number of carbonyl (C=O) groups excluding carboxylic acids is 1. The lowest BCUT2D eigenvalue weighted by Crippen LogP contribution is -2.38. The molecule has 0 saturated heterocycles. The van der Waals surface area contributed by atoms with E-state index in [1.165, 1.54) is 6.92 Å². The molecule has 1 unspecified atom stereocenters. The average molecular weight is 278 g/mol. The highest BCUT2D eigenvalue weighted by molar-refractivity contribution is 5.79. The van der Waals surface area contributed by atoms with Crippen molar-refractivity contribution in [3.05, 3.63) is 10.1 Å². The van der Waals surface area contributed by atoms with Crippen LogP contribution in [0.1, 0.15) is 32.6 Å². The Hall–Kier alpha value is -2.06. The Kier molecular flexibility index (Phi) is 8.84. The topological polar surface area (TPSA) is 128 Å². The van der Waals surface area contributed by atoms with Crippen molar-refractivity contribution in [1.82, 2.24) is 5.32 Å². The van der Waals surface area contributed by atoms with Crippen LogP contribution in [0.4, 0.5) is 4.79 Å². The van der Waals surface area contributed by atoms with E-state index in [-0.39, 0.29) is 13.2 Å². The molecule has 0 aliphatic rings. The highest BCUT2D eigenvalue weighted by Gasteiger charge is 2.14. The molecule has 0 spiro atoms. The molecule has 0 aliphatic carbocycles. The minimum absolute atomic E-state index is 0.0600. The van der Waals surface area contributed by atoms with E-state index >= 15 is 0 Å². The van der Waals surface area contributed by atoms with E-state index in [1.807, 2.05) is 0 Å². The molecule has 2 N–H and O–H groups in total. The summed E-state index contributed by atoms with van der Waals surface area (Å²) >= 11 is 0. The number of nitrogens with one attached hydrogen (secondary N) is 1. The predicted molar refractivity (Wildman–Crippen MR) is 63.0 cm³/mol. The number of ether oxygens (including phenoxy) is 1. The first kappa shape index (κ1) is 16.9. The van der Waals surface area contributed by atoms with E-state index in [4.69, 9.17) is 9.84 Å². The van der Waals surface area contributed by atoms with Gasteiger partial charge in [0, 0.05) is 0 Å². The van der Waals surface area contributed by atoms with Crippen molar-refractivity contribution in [2.75, 3.05) is 13.2 Å². The first-order chi connectivity index (χ1) is 8.93. The number of hydrogen-bond donors (Lipinski definition) is 2. The first-order valence-corrected chi connectivity index (χ1v) is 5.87. The molecule has 0 aromatic rings. The third kappa shape index (κ3) is 10.8. The first-order valence-electron chi connectivity index (χ1n) is 5.87. The molecular weight excluding hydrogens is 260 g/mol. The SMILES string of the molecule is CC(NC(=O)OCCCCCCO[N+](=O)[O-])C(=O)O. The third-order valence-corrected chi connectivity index (χ3v) is 2.17. The summed E-state index contributed by atoms with van der Waals surface area (Å²) in [6, 6.07) is -0.994. The molecule has 1 amide bonds. The van der Waals surface area contributed by atoms with Crippen LogP contribution in [-0.4, -0.2) is 41.5 Å². The van der Waals surface area contributed by atoms with Crippen molar-refractivity contribution in [1.29, 1.82) is 0 Å². The summed E-state index contributed by atoms with van der Waals surface area (Å²) in [7, 11) is 0. The largest absolute Gasteiger partial charge is 0.480 e. The number of carboxylic acids is 1. The van der Waals surface area contributed by atoms with Crippen LogP contribution < -0.4 is 5.32 Å². The van der Waals surface area contributed by atoms with Crippen LogP contribution in [0.15, 0.2) is 0 Å². The molecule has 9 heteroatoms. The van der Waals surface area contributed by atoms with E-state index in [2.05, 4.69) is 10.2 Å². The van der Waals surface area contributed by atoms with Gasteiger partial charge in [0.25, 0.3) is 5.09 Å². The molecule has 0 radical (unpaired) electrons. The molecule has 0 saturated carbocycles. The predicted octanol–water partition coefficient (Wildman–Crippen LogP) is 0.954. The molecule has 1 atom stereocenters. The second-order valence-electron chi connectivity index (χ2n) is 3.81. The number of nitrogens with zero attached hydrogens (tertiary/aromatic N) is 1. The van der Waals surface area contributed by atoms with Gasteiger partial charge in [-0.3, -0.25) is 4.79 Å². The molecule has 19 heavy (non-hydrogen) atoms.